The molecule has 1 N–H and O–H groups in total. The SMILES string of the molecule is CNCc1c(F)cccc1N(C)Cc1ccoc1C. The van der Waals surface area contributed by atoms with Crippen LogP contribution in [0.25, 0.3) is 0 Å². The van der Waals surface area contributed by atoms with Gasteiger partial charge in [-0.15, -0.1) is 0 Å². The smallest absolute Gasteiger partial charge is 0.129 e. The molecule has 0 bridgehead atoms. The zero-order chi connectivity index (χ0) is 13.8. The fraction of sp³-hybridized carbons (Fsp3) is 0.333. The van der Waals surface area contributed by atoms with E-state index in [9.17, 15) is 4.39 Å². The first-order chi connectivity index (χ1) is 9.13. The number of rotatable bonds is 5. The Kier molecular flexibility index (Phi) is 4.22. The molecule has 1 heterocycles. The van der Waals surface area contributed by atoms with Gasteiger partial charge in [-0.05, 0) is 32.2 Å². The Morgan fingerprint density at radius 1 is 1.32 bits per heavy atom. The van der Waals surface area contributed by atoms with Gasteiger partial charge in [0.1, 0.15) is 11.6 Å². The maximum absolute atomic E-state index is 13.9. The minimum Gasteiger partial charge on any atom is -0.469 e. The van der Waals surface area contributed by atoms with E-state index in [1.54, 1.807) is 12.3 Å². The van der Waals surface area contributed by atoms with Gasteiger partial charge in [0.25, 0.3) is 0 Å². The van der Waals surface area contributed by atoms with Crippen molar-refractivity contribution in [3.63, 3.8) is 0 Å². The minimum atomic E-state index is -0.178. The lowest BCUT2D eigenvalue weighted by Gasteiger charge is -2.22. The average Bonchev–Trinajstić information content (AvgIpc) is 2.78. The normalized spacial score (nSPS) is 10.7. The number of furan rings is 1. The Hall–Kier alpha value is -1.81. The maximum Gasteiger partial charge on any atom is 0.129 e. The van der Waals surface area contributed by atoms with E-state index in [0.717, 1.165) is 17.0 Å². The summed E-state index contributed by atoms with van der Waals surface area (Å²) in [5.41, 5.74) is 2.70. The summed E-state index contributed by atoms with van der Waals surface area (Å²) in [6.07, 6.45) is 1.68. The van der Waals surface area contributed by atoms with Crippen LogP contribution in [0.2, 0.25) is 0 Å². The Balaban J connectivity index is 2.26. The number of hydrogen-bond donors (Lipinski definition) is 1. The third-order valence-electron chi connectivity index (χ3n) is 3.23. The Morgan fingerprint density at radius 3 is 2.74 bits per heavy atom. The molecule has 2 rings (SSSR count). The van der Waals surface area contributed by atoms with Gasteiger partial charge >= 0.3 is 0 Å². The van der Waals surface area contributed by atoms with Crippen molar-refractivity contribution in [1.29, 1.82) is 0 Å². The van der Waals surface area contributed by atoms with Crippen molar-refractivity contribution in [3.8, 4) is 0 Å². The van der Waals surface area contributed by atoms with Crippen LogP contribution >= 0.6 is 0 Å². The predicted molar refractivity (Wildman–Crippen MR) is 74.7 cm³/mol. The lowest BCUT2D eigenvalue weighted by atomic mass is 10.1. The van der Waals surface area contributed by atoms with Gasteiger partial charge in [-0.2, -0.15) is 0 Å². The molecule has 0 aliphatic rings. The van der Waals surface area contributed by atoms with Gasteiger partial charge in [0.2, 0.25) is 0 Å². The van der Waals surface area contributed by atoms with Crippen LogP contribution in [-0.2, 0) is 13.1 Å². The lowest BCUT2D eigenvalue weighted by molar-refractivity contribution is 0.529. The standard InChI is InChI=1S/C15H19FN2O/c1-11-12(7-8-19-11)10-18(3)15-6-4-5-14(16)13(15)9-17-2/h4-8,17H,9-10H2,1-3H3. The molecule has 0 radical (unpaired) electrons. The molecular formula is C15H19FN2O. The van der Waals surface area contributed by atoms with E-state index >= 15 is 0 Å². The van der Waals surface area contributed by atoms with Crippen LogP contribution in [0.4, 0.5) is 10.1 Å². The van der Waals surface area contributed by atoms with Crippen LogP contribution in [0.3, 0.4) is 0 Å². The number of anilines is 1. The van der Waals surface area contributed by atoms with E-state index in [2.05, 4.69) is 5.32 Å². The van der Waals surface area contributed by atoms with Crippen molar-refractivity contribution in [2.45, 2.75) is 20.0 Å². The third kappa shape index (κ3) is 2.96. The Morgan fingerprint density at radius 2 is 2.11 bits per heavy atom. The highest BCUT2D eigenvalue weighted by Crippen LogP contribution is 2.24. The van der Waals surface area contributed by atoms with E-state index < -0.39 is 0 Å². The summed E-state index contributed by atoms with van der Waals surface area (Å²) in [5, 5.41) is 3.01. The summed E-state index contributed by atoms with van der Waals surface area (Å²) in [4.78, 5) is 2.04. The second-order valence-electron chi connectivity index (χ2n) is 4.63. The largest absolute Gasteiger partial charge is 0.469 e. The van der Waals surface area contributed by atoms with Crippen molar-refractivity contribution >= 4 is 5.69 Å². The first kappa shape index (κ1) is 13.6. The van der Waals surface area contributed by atoms with Crippen LogP contribution in [0.15, 0.2) is 34.9 Å². The summed E-state index contributed by atoms with van der Waals surface area (Å²) < 4.78 is 19.2. The molecule has 19 heavy (non-hydrogen) atoms. The van der Waals surface area contributed by atoms with Crippen molar-refractivity contribution in [2.75, 3.05) is 19.0 Å². The molecule has 0 fully saturated rings. The molecule has 0 saturated heterocycles. The van der Waals surface area contributed by atoms with Crippen LogP contribution in [0, 0.1) is 12.7 Å². The highest BCUT2D eigenvalue weighted by atomic mass is 19.1. The Bertz CT molecular complexity index is 551. The average molecular weight is 262 g/mol. The van der Waals surface area contributed by atoms with Crippen LogP contribution in [0.1, 0.15) is 16.9 Å². The summed E-state index contributed by atoms with van der Waals surface area (Å²) in [6, 6.07) is 7.11. The maximum atomic E-state index is 13.9. The van der Waals surface area contributed by atoms with Crippen LogP contribution in [0.5, 0.6) is 0 Å². The number of nitrogens with one attached hydrogen (secondary N) is 1. The molecule has 0 aliphatic carbocycles. The van der Waals surface area contributed by atoms with E-state index in [-0.39, 0.29) is 5.82 Å². The fourth-order valence-corrected chi connectivity index (χ4v) is 2.17. The molecule has 3 nitrogen and oxygen atoms in total. The van der Waals surface area contributed by atoms with Gasteiger partial charge in [-0.1, -0.05) is 6.07 Å². The molecule has 1 aromatic heterocycles. The topological polar surface area (TPSA) is 28.4 Å². The van der Waals surface area contributed by atoms with E-state index in [4.69, 9.17) is 4.42 Å². The molecule has 0 unspecified atom stereocenters. The number of halogens is 1. The quantitative estimate of drug-likeness (QED) is 0.897. The molecule has 0 saturated carbocycles. The van der Waals surface area contributed by atoms with Gasteiger partial charge in [-0.25, -0.2) is 4.39 Å². The molecular weight excluding hydrogens is 243 g/mol. The Labute approximate surface area is 113 Å². The summed E-state index contributed by atoms with van der Waals surface area (Å²) in [5.74, 6) is 0.723. The molecule has 102 valence electrons. The zero-order valence-electron chi connectivity index (χ0n) is 11.5. The van der Waals surface area contributed by atoms with Crippen LogP contribution < -0.4 is 10.2 Å². The molecule has 4 heteroatoms. The number of hydrogen-bond acceptors (Lipinski definition) is 3. The van der Waals surface area contributed by atoms with Crippen molar-refractivity contribution < 1.29 is 8.81 Å². The van der Waals surface area contributed by atoms with E-state index in [0.29, 0.717) is 18.7 Å². The first-order valence-corrected chi connectivity index (χ1v) is 6.29. The molecule has 2 aromatic rings. The fourth-order valence-electron chi connectivity index (χ4n) is 2.17. The van der Waals surface area contributed by atoms with E-state index in [1.165, 1.54) is 6.07 Å². The number of nitrogens with zero attached hydrogens (tertiary/aromatic N) is 1. The summed E-state index contributed by atoms with van der Waals surface area (Å²) in [7, 11) is 3.77. The second-order valence-corrected chi connectivity index (χ2v) is 4.63. The van der Waals surface area contributed by atoms with Gasteiger partial charge in [0, 0.05) is 37.0 Å². The van der Waals surface area contributed by atoms with Gasteiger partial charge in [0.05, 0.1) is 6.26 Å². The molecule has 1 aromatic carbocycles. The highest BCUT2D eigenvalue weighted by molar-refractivity contribution is 5.54. The van der Waals surface area contributed by atoms with Gasteiger partial charge in [-0.3, -0.25) is 0 Å². The minimum absolute atomic E-state index is 0.178. The van der Waals surface area contributed by atoms with Crippen molar-refractivity contribution in [2.24, 2.45) is 0 Å². The molecule has 0 spiro atoms. The van der Waals surface area contributed by atoms with Crippen LogP contribution in [-0.4, -0.2) is 14.1 Å². The number of aryl methyl sites for hydroxylation is 1. The second kappa shape index (κ2) is 5.89. The van der Waals surface area contributed by atoms with E-state index in [1.807, 2.05) is 38.1 Å². The summed E-state index contributed by atoms with van der Waals surface area (Å²) >= 11 is 0. The highest BCUT2D eigenvalue weighted by Gasteiger charge is 2.13. The molecule has 0 aliphatic heterocycles. The van der Waals surface area contributed by atoms with Crippen molar-refractivity contribution in [1.82, 2.24) is 5.32 Å². The zero-order valence-corrected chi connectivity index (χ0v) is 11.5. The first-order valence-electron chi connectivity index (χ1n) is 6.29. The molecule has 0 atom stereocenters. The lowest BCUT2D eigenvalue weighted by Crippen LogP contribution is -2.20. The van der Waals surface area contributed by atoms with Gasteiger partial charge in [0.15, 0.2) is 0 Å². The number of benzene rings is 1. The summed E-state index contributed by atoms with van der Waals surface area (Å²) in [6.45, 7) is 3.14. The monoisotopic (exact) mass is 262 g/mol. The van der Waals surface area contributed by atoms with Gasteiger partial charge < -0.3 is 14.6 Å². The third-order valence-corrected chi connectivity index (χ3v) is 3.23. The predicted octanol–water partition coefficient (Wildman–Crippen LogP) is 3.08. The van der Waals surface area contributed by atoms with Crippen molar-refractivity contribution in [3.05, 3.63) is 53.2 Å². The molecule has 0 amide bonds.